The number of rotatable bonds is 4. The number of nitrogens with one attached hydrogen (secondary N) is 1. The molecule has 0 aliphatic carbocycles. The van der Waals surface area contributed by atoms with E-state index in [4.69, 9.17) is 29.6 Å². The van der Waals surface area contributed by atoms with Gasteiger partial charge in [0.2, 0.25) is 5.91 Å². The highest BCUT2D eigenvalue weighted by Gasteiger charge is 2.09. The van der Waals surface area contributed by atoms with Gasteiger partial charge in [0.05, 0.1) is 17.1 Å². The van der Waals surface area contributed by atoms with Crippen molar-refractivity contribution >= 4 is 40.4 Å². The van der Waals surface area contributed by atoms with Crippen molar-refractivity contribution in [3.05, 3.63) is 64.4 Å². The van der Waals surface area contributed by atoms with Crippen LogP contribution in [0, 0.1) is 5.82 Å². The van der Waals surface area contributed by atoms with Crippen LogP contribution in [-0.2, 0) is 11.2 Å². The summed E-state index contributed by atoms with van der Waals surface area (Å²) >= 11 is 10.9. The van der Waals surface area contributed by atoms with Crippen molar-refractivity contribution in [2.45, 2.75) is 6.42 Å². The van der Waals surface area contributed by atoms with Crippen LogP contribution in [0.5, 0.6) is 0 Å². The lowest BCUT2D eigenvalue weighted by molar-refractivity contribution is -0.115. The average molecular weight is 323 g/mol. The van der Waals surface area contributed by atoms with Crippen molar-refractivity contribution in [2.75, 3.05) is 5.32 Å². The van der Waals surface area contributed by atoms with Crippen LogP contribution < -0.4 is 11.1 Å². The SMILES string of the molecule is NC(=S)c1ccc(Cl)c(NC(=O)Cc2ccc(F)cc2)c1. The summed E-state index contributed by atoms with van der Waals surface area (Å²) in [6.45, 7) is 0. The molecule has 0 aliphatic heterocycles. The van der Waals surface area contributed by atoms with Gasteiger partial charge in [-0.1, -0.05) is 42.0 Å². The molecule has 0 unspecified atom stereocenters. The van der Waals surface area contributed by atoms with E-state index in [2.05, 4.69) is 5.32 Å². The Labute approximate surface area is 131 Å². The van der Waals surface area contributed by atoms with Crippen molar-refractivity contribution in [3.63, 3.8) is 0 Å². The molecule has 3 nitrogen and oxygen atoms in total. The summed E-state index contributed by atoms with van der Waals surface area (Å²) in [7, 11) is 0. The smallest absolute Gasteiger partial charge is 0.228 e. The summed E-state index contributed by atoms with van der Waals surface area (Å²) in [5.41, 5.74) is 7.30. The quantitative estimate of drug-likeness (QED) is 0.849. The van der Waals surface area contributed by atoms with Crippen molar-refractivity contribution in [2.24, 2.45) is 5.73 Å². The Morgan fingerprint density at radius 2 is 1.90 bits per heavy atom. The summed E-state index contributed by atoms with van der Waals surface area (Å²) < 4.78 is 12.8. The maximum Gasteiger partial charge on any atom is 0.228 e. The van der Waals surface area contributed by atoms with Crippen LogP contribution in [0.2, 0.25) is 5.02 Å². The first-order chi connectivity index (χ1) is 9.95. The highest BCUT2D eigenvalue weighted by atomic mass is 35.5. The molecule has 0 saturated carbocycles. The molecule has 2 aromatic carbocycles. The topological polar surface area (TPSA) is 55.1 Å². The Morgan fingerprint density at radius 3 is 2.52 bits per heavy atom. The Morgan fingerprint density at radius 1 is 1.24 bits per heavy atom. The standard InChI is InChI=1S/C15H12ClFN2OS/c16-12-6-3-10(15(18)21)8-13(12)19-14(20)7-9-1-4-11(17)5-2-9/h1-6,8H,7H2,(H2,18,21)(H,19,20). The zero-order valence-corrected chi connectivity index (χ0v) is 12.5. The number of amides is 1. The minimum absolute atomic E-state index is 0.119. The first-order valence-corrected chi connectivity index (χ1v) is 6.88. The average Bonchev–Trinajstić information content (AvgIpc) is 2.43. The summed E-state index contributed by atoms with van der Waals surface area (Å²) in [6.07, 6.45) is 0.119. The van der Waals surface area contributed by atoms with E-state index in [0.29, 0.717) is 21.8 Å². The molecule has 21 heavy (non-hydrogen) atoms. The number of carbonyl (C=O) groups excluding carboxylic acids is 1. The first kappa shape index (κ1) is 15.4. The largest absolute Gasteiger partial charge is 0.389 e. The Balaban J connectivity index is 2.10. The van der Waals surface area contributed by atoms with Gasteiger partial charge in [0.15, 0.2) is 0 Å². The van der Waals surface area contributed by atoms with E-state index < -0.39 is 0 Å². The van der Waals surface area contributed by atoms with E-state index in [1.54, 1.807) is 30.3 Å². The number of halogens is 2. The molecule has 108 valence electrons. The van der Waals surface area contributed by atoms with E-state index >= 15 is 0 Å². The fourth-order valence-electron chi connectivity index (χ4n) is 1.76. The normalized spacial score (nSPS) is 10.2. The molecule has 2 rings (SSSR count). The number of benzene rings is 2. The predicted molar refractivity (Wildman–Crippen MR) is 86.1 cm³/mol. The number of hydrogen-bond donors (Lipinski definition) is 2. The molecule has 6 heteroatoms. The van der Waals surface area contributed by atoms with Gasteiger partial charge in [0, 0.05) is 5.56 Å². The van der Waals surface area contributed by atoms with Crippen LogP contribution >= 0.6 is 23.8 Å². The Hall–Kier alpha value is -1.98. The third-order valence-electron chi connectivity index (χ3n) is 2.80. The van der Waals surface area contributed by atoms with Gasteiger partial charge in [-0.3, -0.25) is 4.79 Å². The fourth-order valence-corrected chi connectivity index (χ4v) is 2.05. The summed E-state index contributed by atoms with van der Waals surface area (Å²) in [6, 6.07) is 10.6. The maximum atomic E-state index is 12.8. The summed E-state index contributed by atoms with van der Waals surface area (Å²) in [4.78, 5) is 12.2. The second kappa shape index (κ2) is 6.65. The van der Waals surface area contributed by atoms with Gasteiger partial charge in [0.1, 0.15) is 10.8 Å². The molecule has 0 bridgehead atoms. The number of carbonyl (C=O) groups is 1. The molecule has 0 heterocycles. The van der Waals surface area contributed by atoms with Crippen molar-refractivity contribution in [1.82, 2.24) is 0 Å². The lowest BCUT2D eigenvalue weighted by atomic mass is 10.1. The van der Waals surface area contributed by atoms with Crippen LogP contribution in [0.15, 0.2) is 42.5 Å². The summed E-state index contributed by atoms with van der Waals surface area (Å²) in [5.74, 6) is -0.602. The second-order valence-corrected chi connectivity index (χ2v) is 5.26. The summed E-state index contributed by atoms with van der Waals surface area (Å²) in [5, 5.41) is 3.08. The van der Waals surface area contributed by atoms with Crippen LogP contribution in [0.3, 0.4) is 0 Å². The zero-order valence-electron chi connectivity index (χ0n) is 10.9. The van der Waals surface area contributed by atoms with Gasteiger partial charge in [0.25, 0.3) is 0 Å². The molecule has 0 atom stereocenters. The van der Waals surface area contributed by atoms with Crippen LogP contribution in [0.1, 0.15) is 11.1 Å². The number of thiocarbonyl (C=S) groups is 1. The van der Waals surface area contributed by atoms with Crippen molar-refractivity contribution in [1.29, 1.82) is 0 Å². The van der Waals surface area contributed by atoms with Gasteiger partial charge in [-0.15, -0.1) is 0 Å². The first-order valence-electron chi connectivity index (χ1n) is 6.09. The number of nitrogens with two attached hydrogens (primary N) is 1. The van der Waals surface area contributed by atoms with E-state index in [-0.39, 0.29) is 23.1 Å². The molecule has 0 fully saturated rings. The van der Waals surface area contributed by atoms with Crippen molar-refractivity contribution < 1.29 is 9.18 Å². The lowest BCUT2D eigenvalue weighted by Gasteiger charge is -2.09. The molecule has 3 N–H and O–H groups in total. The molecule has 0 radical (unpaired) electrons. The molecule has 0 aliphatic rings. The third kappa shape index (κ3) is 4.24. The van der Waals surface area contributed by atoms with Gasteiger partial charge < -0.3 is 11.1 Å². The van der Waals surface area contributed by atoms with Gasteiger partial charge in [-0.05, 0) is 29.8 Å². The highest BCUT2D eigenvalue weighted by Crippen LogP contribution is 2.23. The molecule has 0 saturated heterocycles. The maximum absolute atomic E-state index is 12.8. The predicted octanol–water partition coefficient (Wildman–Crippen LogP) is 3.29. The minimum Gasteiger partial charge on any atom is -0.389 e. The molecule has 1 amide bonds. The highest BCUT2D eigenvalue weighted by molar-refractivity contribution is 7.80. The number of hydrogen-bond acceptors (Lipinski definition) is 2. The molecular formula is C15H12ClFN2OS. The monoisotopic (exact) mass is 322 g/mol. The van der Waals surface area contributed by atoms with Crippen LogP contribution in [0.25, 0.3) is 0 Å². The Bertz CT molecular complexity index is 689. The van der Waals surface area contributed by atoms with Gasteiger partial charge >= 0.3 is 0 Å². The van der Waals surface area contributed by atoms with Crippen LogP contribution in [0.4, 0.5) is 10.1 Å². The molecule has 2 aromatic rings. The Kier molecular flexibility index (Phi) is 4.88. The zero-order chi connectivity index (χ0) is 15.4. The lowest BCUT2D eigenvalue weighted by Crippen LogP contribution is -2.16. The van der Waals surface area contributed by atoms with E-state index in [0.717, 1.165) is 0 Å². The van der Waals surface area contributed by atoms with E-state index in [9.17, 15) is 9.18 Å². The molecule has 0 aromatic heterocycles. The van der Waals surface area contributed by atoms with Crippen LogP contribution in [-0.4, -0.2) is 10.9 Å². The molecular weight excluding hydrogens is 311 g/mol. The molecule has 0 spiro atoms. The minimum atomic E-state index is -0.341. The van der Waals surface area contributed by atoms with E-state index in [1.807, 2.05) is 0 Å². The fraction of sp³-hybridized carbons (Fsp3) is 0.0667. The van der Waals surface area contributed by atoms with Gasteiger partial charge in [-0.25, -0.2) is 4.39 Å². The second-order valence-electron chi connectivity index (χ2n) is 4.41. The van der Waals surface area contributed by atoms with E-state index in [1.165, 1.54) is 12.1 Å². The number of anilines is 1. The van der Waals surface area contributed by atoms with Gasteiger partial charge in [-0.2, -0.15) is 0 Å². The third-order valence-corrected chi connectivity index (χ3v) is 3.37. The van der Waals surface area contributed by atoms with Crippen molar-refractivity contribution in [3.8, 4) is 0 Å².